The first-order chi connectivity index (χ1) is 11.6. The van der Waals surface area contributed by atoms with E-state index in [1.165, 1.54) is 17.2 Å². The first-order valence-electron chi connectivity index (χ1n) is 8.36. The molecule has 24 heavy (non-hydrogen) atoms. The highest BCUT2D eigenvalue weighted by molar-refractivity contribution is 5.74. The van der Waals surface area contributed by atoms with Crippen molar-refractivity contribution in [1.29, 1.82) is 0 Å². The van der Waals surface area contributed by atoms with E-state index in [-0.39, 0.29) is 18.1 Å². The number of benzene rings is 1. The standard InChI is InChI=1S/C19H22FN3O/c1-13(16-9-17(20)12-21-11-16)22-19(24)23-18-8-4-7-14-5-2-3-6-15(14)10-18/h2-3,5-6,9,11-13,18H,4,7-8,10H2,1H3,(H2,22,23,24)/t13-,18?/m0/s1. The Balaban J connectivity index is 1.59. The summed E-state index contributed by atoms with van der Waals surface area (Å²) in [5.41, 5.74) is 3.33. The van der Waals surface area contributed by atoms with Crippen LogP contribution in [0.1, 0.15) is 42.5 Å². The minimum absolute atomic E-state index is 0.117. The number of rotatable bonds is 3. The fourth-order valence-corrected chi connectivity index (χ4v) is 3.20. The number of carbonyl (C=O) groups excluding carboxylic acids is 1. The molecule has 0 fully saturated rings. The van der Waals surface area contributed by atoms with Crippen LogP contribution in [0.15, 0.2) is 42.7 Å². The molecule has 1 heterocycles. The summed E-state index contributed by atoms with van der Waals surface area (Å²) in [6.07, 6.45) is 6.64. The number of nitrogens with one attached hydrogen (secondary N) is 2. The van der Waals surface area contributed by atoms with E-state index in [9.17, 15) is 9.18 Å². The molecule has 0 spiro atoms. The number of halogens is 1. The Kier molecular flexibility index (Phi) is 5.08. The molecule has 0 saturated carbocycles. The number of nitrogens with zero attached hydrogens (tertiary/aromatic N) is 1. The van der Waals surface area contributed by atoms with Crippen molar-refractivity contribution in [2.24, 2.45) is 0 Å². The van der Waals surface area contributed by atoms with E-state index in [0.717, 1.165) is 31.9 Å². The summed E-state index contributed by atoms with van der Waals surface area (Å²) in [5, 5.41) is 5.91. The summed E-state index contributed by atoms with van der Waals surface area (Å²) < 4.78 is 13.2. The average Bonchev–Trinajstić information content (AvgIpc) is 2.76. The van der Waals surface area contributed by atoms with Crippen LogP contribution in [0.2, 0.25) is 0 Å². The van der Waals surface area contributed by atoms with E-state index in [2.05, 4.69) is 33.8 Å². The third kappa shape index (κ3) is 4.10. The quantitative estimate of drug-likeness (QED) is 0.848. The van der Waals surface area contributed by atoms with Crippen molar-refractivity contribution in [3.8, 4) is 0 Å². The molecule has 0 radical (unpaired) electrons. The molecule has 1 aromatic carbocycles. The molecule has 2 aromatic rings. The molecule has 1 aliphatic carbocycles. The van der Waals surface area contributed by atoms with Gasteiger partial charge in [0.05, 0.1) is 12.2 Å². The predicted molar refractivity (Wildman–Crippen MR) is 91.1 cm³/mol. The lowest BCUT2D eigenvalue weighted by molar-refractivity contribution is 0.233. The summed E-state index contributed by atoms with van der Waals surface area (Å²) in [5.74, 6) is -0.401. The number of aryl methyl sites for hydroxylation is 1. The van der Waals surface area contributed by atoms with E-state index in [4.69, 9.17) is 0 Å². The van der Waals surface area contributed by atoms with Gasteiger partial charge in [-0.15, -0.1) is 0 Å². The van der Waals surface area contributed by atoms with Crippen molar-refractivity contribution in [2.75, 3.05) is 0 Å². The smallest absolute Gasteiger partial charge is 0.315 e. The van der Waals surface area contributed by atoms with E-state index < -0.39 is 5.82 Å². The van der Waals surface area contributed by atoms with Crippen molar-refractivity contribution in [3.05, 3.63) is 65.2 Å². The largest absolute Gasteiger partial charge is 0.335 e. The minimum Gasteiger partial charge on any atom is -0.335 e. The van der Waals surface area contributed by atoms with Crippen LogP contribution in [0.25, 0.3) is 0 Å². The van der Waals surface area contributed by atoms with Crippen LogP contribution in [-0.4, -0.2) is 17.1 Å². The number of aromatic nitrogens is 1. The van der Waals surface area contributed by atoms with Crippen LogP contribution in [0.5, 0.6) is 0 Å². The lowest BCUT2D eigenvalue weighted by atomic mass is 10.0. The number of amides is 2. The first kappa shape index (κ1) is 16.4. The van der Waals surface area contributed by atoms with Crippen LogP contribution in [-0.2, 0) is 12.8 Å². The zero-order valence-electron chi connectivity index (χ0n) is 13.8. The Morgan fingerprint density at radius 3 is 2.88 bits per heavy atom. The molecule has 126 valence electrons. The number of pyridine rings is 1. The molecule has 3 rings (SSSR count). The molecule has 2 amide bonds. The second-order valence-electron chi connectivity index (χ2n) is 6.34. The zero-order chi connectivity index (χ0) is 16.9. The van der Waals surface area contributed by atoms with Crippen molar-refractivity contribution in [1.82, 2.24) is 15.6 Å². The average molecular weight is 327 g/mol. The predicted octanol–water partition coefficient (Wildman–Crippen LogP) is 3.53. The van der Waals surface area contributed by atoms with Crippen molar-refractivity contribution < 1.29 is 9.18 Å². The van der Waals surface area contributed by atoms with Gasteiger partial charge >= 0.3 is 6.03 Å². The van der Waals surface area contributed by atoms with E-state index in [1.807, 2.05) is 13.0 Å². The van der Waals surface area contributed by atoms with Crippen LogP contribution >= 0.6 is 0 Å². The maximum Gasteiger partial charge on any atom is 0.315 e. The molecule has 1 aromatic heterocycles. The molecule has 2 N–H and O–H groups in total. The molecule has 1 unspecified atom stereocenters. The third-order valence-corrected chi connectivity index (χ3v) is 4.49. The Bertz CT molecular complexity index is 719. The second kappa shape index (κ2) is 7.43. The molecular weight excluding hydrogens is 305 g/mol. The van der Waals surface area contributed by atoms with Gasteiger partial charge in [-0.1, -0.05) is 24.3 Å². The zero-order valence-corrected chi connectivity index (χ0v) is 13.8. The summed E-state index contributed by atoms with van der Waals surface area (Å²) in [4.78, 5) is 16.1. The highest BCUT2D eigenvalue weighted by Crippen LogP contribution is 2.20. The van der Waals surface area contributed by atoms with Crippen molar-refractivity contribution in [3.63, 3.8) is 0 Å². The van der Waals surface area contributed by atoms with E-state index >= 15 is 0 Å². The minimum atomic E-state index is -0.401. The fourth-order valence-electron chi connectivity index (χ4n) is 3.20. The summed E-state index contributed by atoms with van der Waals surface area (Å²) in [6, 6.07) is 9.38. The molecule has 0 bridgehead atoms. The SMILES string of the molecule is C[C@H](NC(=O)NC1CCCc2ccccc2C1)c1cncc(F)c1. The Hall–Kier alpha value is -2.43. The van der Waals surface area contributed by atoms with Gasteiger partial charge in [-0.3, -0.25) is 4.98 Å². The van der Waals surface area contributed by atoms with Gasteiger partial charge in [0.25, 0.3) is 0 Å². The highest BCUT2D eigenvalue weighted by Gasteiger charge is 2.19. The Morgan fingerprint density at radius 2 is 2.08 bits per heavy atom. The summed E-state index contributed by atoms with van der Waals surface area (Å²) >= 11 is 0. The van der Waals surface area contributed by atoms with E-state index in [1.54, 1.807) is 6.20 Å². The lowest BCUT2D eigenvalue weighted by Crippen LogP contribution is -2.43. The van der Waals surface area contributed by atoms with Crippen LogP contribution < -0.4 is 10.6 Å². The maximum absolute atomic E-state index is 13.2. The van der Waals surface area contributed by atoms with Gasteiger partial charge < -0.3 is 10.6 Å². The van der Waals surface area contributed by atoms with E-state index in [0.29, 0.717) is 5.56 Å². The Morgan fingerprint density at radius 1 is 1.29 bits per heavy atom. The number of hydrogen-bond acceptors (Lipinski definition) is 2. The molecular formula is C19H22FN3O. The second-order valence-corrected chi connectivity index (χ2v) is 6.34. The molecule has 5 heteroatoms. The van der Waals surface area contributed by atoms with Gasteiger partial charge in [-0.2, -0.15) is 0 Å². The van der Waals surface area contributed by atoms with Gasteiger partial charge in [0, 0.05) is 12.2 Å². The number of carbonyl (C=O) groups is 1. The van der Waals surface area contributed by atoms with Gasteiger partial charge in [0.2, 0.25) is 0 Å². The molecule has 0 aliphatic heterocycles. The molecule has 1 aliphatic rings. The topological polar surface area (TPSA) is 54.0 Å². The van der Waals surface area contributed by atoms with Gasteiger partial charge in [-0.25, -0.2) is 9.18 Å². The normalized spacial score (nSPS) is 18.2. The third-order valence-electron chi connectivity index (χ3n) is 4.49. The Labute approximate surface area is 141 Å². The highest BCUT2D eigenvalue weighted by atomic mass is 19.1. The maximum atomic E-state index is 13.2. The van der Waals surface area contributed by atoms with Crippen LogP contribution in [0.3, 0.4) is 0 Å². The first-order valence-corrected chi connectivity index (χ1v) is 8.36. The fraction of sp³-hybridized carbons (Fsp3) is 0.368. The van der Waals surface area contributed by atoms with Crippen molar-refractivity contribution in [2.45, 2.75) is 44.7 Å². The molecule has 4 nitrogen and oxygen atoms in total. The van der Waals surface area contributed by atoms with Crippen LogP contribution in [0.4, 0.5) is 9.18 Å². The van der Waals surface area contributed by atoms with Gasteiger partial charge in [0.15, 0.2) is 0 Å². The number of hydrogen-bond donors (Lipinski definition) is 2. The molecule has 0 saturated heterocycles. The monoisotopic (exact) mass is 327 g/mol. The van der Waals surface area contributed by atoms with Gasteiger partial charge in [0.1, 0.15) is 5.82 Å². The summed E-state index contributed by atoms with van der Waals surface area (Å²) in [6.45, 7) is 1.82. The molecule has 2 atom stereocenters. The summed E-state index contributed by atoms with van der Waals surface area (Å²) in [7, 11) is 0. The lowest BCUT2D eigenvalue weighted by Gasteiger charge is -2.20. The van der Waals surface area contributed by atoms with Crippen LogP contribution in [0, 0.1) is 5.82 Å². The van der Waals surface area contributed by atoms with Gasteiger partial charge in [-0.05, 0) is 55.4 Å². The number of fused-ring (bicyclic) bond motifs is 1. The number of urea groups is 1. The van der Waals surface area contributed by atoms with Crippen molar-refractivity contribution >= 4 is 6.03 Å².